The van der Waals surface area contributed by atoms with Crippen molar-refractivity contribution < 1.29 is 0 Å². The number of nitrogens with zero attached hydrogens (tertiary/aromatic N) is 2. The number of rotatable bonds is 3. The van der Waals surface area contributed by atoms with E-state index < -0.39 is 0 Å². The topological polar surface area (TPSA) is 17.8 Å². The molecule has 0 aliphatic heterocycles. The Kier molecular flexibility index (Phi) is 3.68. The van der Waals surface area contributed by atoms with Crippen LogP contribution in [0.4, 0.5) is 0 Å². The predicted octanol–water partition coefficient (Wildman–Crippen LogP) is 4.28. The van der Waals surface area contributed by atoms with E-state index in [4.69, 9.17) is 11.6 Å². The first kappa shape index (κ1) is 12.7. The average Bonchev–Trinajstić information content (AvgIpc) is 2.76. The Hall–Kier alpha value is -1.80. The number of aryl methyl sites for hydroxylation is 1. The number of halogens is 1. The molecule has 0 N–H and O–H groups in total. The third-order valence-electron chi connectivity index (χ3n) is 2.82. The molecule has 2 aromatic rings. The normalized spacial score (nSPS) is 11.6. The molecular formula is C15H15ClN2. The minimum absolute atomic E-state index is 0.720. The van der Waals surface area contributed by atoms with Crippen molar-refractivity contribution in [2.24, 2.45) is 7.05 Å². The second-order valence-corrected chi connectivity index (χ2v) is 4.58. The lowest BCUT2D eigenvalue weighted by Gasteiger charge is -2.05. The van der Waals surface area contributed by atoms with E-state index in [0.717, 1.165) is 27.3 Å². The number of allylic oxidation sites excluding steroid dienone is 1. The highest BCUT2D eigenvalue weighted by atomic mass is 35.5. The van der Waals surface area contributed by atoms with Gasteiger partial charge >= 0.3 is 0 Å². The maximum atomic E-state index is 6.15. The van der Waals surface area contributed by atoms with Gasteiger partial charge in [-0.3, -0.25) is 4.68 Å². The molecule has 0 aliphatic carbocycles. The summed E-state index contributed by atoms with van der Waals surface area (Å²) in [6.45, 7) is 5.87. The van der Waals surface area contributed by atoms with E-state index >= 15 is 0 Å². The van der Waals surface area contributed by atoms with Crippen LogP contribution in [-0.4, -0.2) is 9.78 Å². The van der Waals surface area contributed by atoms with Gasteiger partial charge in [-0.05, 0) is 29.7 Å². The van der Waals surface area contributed by atoms with Crippen molar-refractivity contribution in [2.75, 3.05) is 0 Å². The second-order valence-electron chi connectivity index (χ2n) is 4.18. The zero-order valence-electron chi connectivity index (χ0n) is 10.5. The first-order valence-corrected chi connectivity index (χ1v) is 6.08. The second kappa shape index (κ2) is 5.23. The minimum atomic E-state index is 0.720. The summed E-state index contributed by atoms with van der Waals surface area (Å²) in [6, 6.07) is 5.84. The van der Waals surface area contributed by atoms with Crippen molar-refractivity contribution in [2.45, 2.75) is 6.92 Å². The Morgan fingerprint density at radius 3 is 2.83 bits per heavy atom. The summed E-state index contributed by atoms with van der Waals surface area (Å²) in [5, 5.41) is 4.89. The number of hydrogen-bond donors (Lipinski definition) is 0. The van der Waals surface area contributed by atoms with E-state index in [9.17, 15) is 0 Å². The molecule has 0 saturated heterocycles. The largest absolute Gasteiger partial charge is 0.275 e. The smallest absolute Gasteiger partial charge is 0.0564 e. The lowest BCUT2D eigenvalue weighted by atomic mass is 10.0. The molecule has 0 saturated carbocycles. The summed E-state index contributed by atoms with van der Waals surface area (Å²) in [6.07, 6.45) is 7.72. The summed E-state index contributed by atoms with van der Waals surface area (Å²) >= 11 is 6.15. The van der Waals surface area contributed by atoms with Crippen LogP contribution in [0, 0.1) is 0 Å². The number of hydrogen-bond acceptors (Lipinski definition) is 1. The fourth-order valence-corrected chi connectivity index (χ4v) is 2.10. The first-order valence-electron chi connectivity index (χ1n) is 5.70. The van der Waals surface area contributed by atoms with Crippen LogP contribution in [0.5, 0.6) is 0 Å². The van der Waals surface area contributed by atoms with E-state index in [2.05, 4.69) is 24.7 Å². The Bertz CT molecular complexity index is 609. The van der Waals surface area contributed by atoms with Crippen LogP contribution in [0.15, 0.2) is 37.2 Å². The van der Waals surface area contributed by atoms with Gasteiger partial charge < -0.3 is 0 Å². The molecule has 2 nitrogen and oxygen atoms in total. The maximum Gasteiger partial charge on any atom is 0.0564 e. The van der Waals surface area contributed by atoms with Crippen molar-refractivity contribution in [1.29, 1.82) is 0 Å². The van der Waals surface area contributed by atoms with Crippen molar-refractivity contribution in [1.82, 2.24) is 9.78 Å². The Morgan fingerprint density at radius 2 is 2.22 bits per heavy atom. The highest BCUT2D eigenvalue weighted by Crippen LogP contribution is 2.25. The maximum absolute atomic E-state index is 6.15. The standard InChI is InChI=1S/C15H15ClN2/c1-4-14-12(6-5-7-15(14)16)8-11(2)13-9-17-18(3)10-13/h4-10H,1H2,2-3H3/b11-8+. The Balaban J connectivity index is 2.44. The molecule has 1 heterocycles. The van der Waals surface area contributed by atoms with Gasteiger partial charge in [0, 0.05) is 23.8 Å². The molecule has 0 spiro atoms. The highest BCUT2D eigenvalue weighted by molar-refractivity contribution is 6.32. The molecule has 92 valence electrons. The molecule has 0 amide bonds. The zero-order valence-corrected chi connectivity index (χ0v) is 11.3. The molecule has 0 radical (unpaired) electrons. The quantitative estimate of drug-likeness (QED) is 0.804. The molecule has 18 heavy (non-hydrogen) atoms. The van der Waals surface area contributed by atoms with E-state index in [1.807, 2.05) is 37.6 Å². The summed E-state index contributed by atoms with van der Waals surface area (Å²) in [4.78, 5) is 0. The third-order valence-corrected chi connectivity index (χ3v) is 3.15. The van der Waals surface area contributed by atoms with Gasteiger partial charge in [0.1, 0.15) is 0 Å². The molecule has 0 aliphatic rings. The van der Waals surface area contributed by atoms with E-state index in [-0.39, 0.29) is 0 Å². The van der Waals surface area contributed by atoms with E-state index in [0.29, 0.717) is 0 Å². The van der Waals surface area contributed by atoms with Crippen LogP contribution >= 0.6 is 11.6 Å². The molecule has 1 aromatic heterocycles. The van der Waals surface area contributed by atoms with Gasteiger partial charge in [0.05, 0.1) is 6.20 Å². The van der Waals surface area contributed by atoms with Gasteiger partial charge in [-0.1, -0.05) is 42.5 Å². The summed E-state index contributed by atoms with van der Waals surface area (Å²) < 4.78 is 1.79. The van der Waals surface area contributed by atoms with E-state index in [1.54, 1.807) is 10.8 Å². The number of aromatic nitrogens is 2. The van der Waals surface area contributed by atoms with Gasteiger partial charge in [0.25, 0.3) is 0 Å². The van der Waals surface area contributed by atoms with E-state index in [1.165, 1.54) is 0 Å². The predicted molar refractivity (Wildman–Crippen MR) is 78.3 cm³/mol. The molecule has 0 bridgehead atoms. The van der Waals surface area contributed by atoms with Gasteiger partial charge in [-0.2, -0.15) is 5.10 Å². The Labute approximate surface area is 112 Å². The molecule has 0 atom stereocenters. The monoisotopic (exact) mass is 258 g/mol. The third kappa shape index (κ3) is 2.54. The molecule has 2 rings (SSSR count). The van der Waals surface area contributed by atoms with Crippen molar-refractivity contribution in [3.8, 4) is 0 Å². The SMILES string of the molecule is C=Cc1c(Cl)cccc1/C=C(\C)c1cnn(C)c1. The average molecular weight is 259 g/mol. The van der Waals surface area contributed by atoms with Gasteiger partial charge in [0.15, 0.2) is 0 Å². The Morgan fingerprint density at radius 1 is 1.44 bits per heavy atom. The van der Waals surface area contributed by atoms with Crippen LogP contribution in [0.2, 0.25) is 5.02 Å². The molecule has 0 unspecified atom stereocenters. The molecular weight excluding hydrogens is 244 g/mol. The first-order chi connectivity index (χ1) is 8.61. The summed E-state index contributed by atoms with van der Waals surface area (Å²) in [5.74, 6) is 0. The van der Waals surface area contributed by atoms with Crippen LogP contribution in [0.3, 0.4) is 0 Å². The number of benzene rings is 1. The van der Waals surface area contributed by atoms with Crippen molar-refractivity contribution in [3.05, 3.63) is 58.9 Å². The van der Waals surface area contributed by atoms with Gasteiger partial charge in [0.2, 0.25) is 0 Å². The molecule has 0 fully saturated rings. The van der Waals surface area contributed by atoms with Crippen LogP contribution in [-0.2, 0) is 7.05 Å². The van der Waals surface area contributed by atoms with Crippen molar-refractivity contribution >= 4 is 29.3 Å². The van der Waals surface area contributed by atoms with Crippen LogP contribution in [0.25, 0.3) is 17.7 Å². The lowest BCUT2D eigenvalue weighted by molar-refractivity contribution is 0.767. The molecule has 1 aromatic carbocycles. The lowest BCUT2D eigenvalue weighted by Crippen LogP contribution is -1.85. The van der Waals surface area contributed by atoms with Crippen LogP contribution in [0.1, 0.15) is 23.6 Å². The fourth-order valence-electron chi connectivity index (χ4n) is 1.84. The minimum Gasteiger partial charge on any atom is -0.275 e. The van der Waals surface area contributed by atoms with Crippen LogP contribution < -0.4 is 0 Å². The van der Waals surface area contributed by atoms with Gasteiger partial charge in [-0.25, -0.2) is 0 Å². The van der Waals surface area contributed by atoms with Gasteiger partial charge in [-0.15, -0.1) is 0 Å². The van der Waals surface area contributed by atoms with Crippen molar-refractivity contribution in [3.63, 3.8) is 0 Å². The highest BCUT2D eigenvalue weighted by Gasteiger charge is 2.03. The fraction of sp³-hybridized carbons (Fsp3) is 0.133. The summed E-state index contributed by atoms with van der Waals surface area (Å²) in [5.41, 5.74) is 4.28. The molecule has 3 heteroatoms. The zero-order chi connectivity index (χ0) is 13.1. The summed E-state index contributed by atoms with van der Waals surface area (Å²) in [7, 11) is 1.91.